The summed E-state index contributed by atoms with van der Waals surface area (Å²) in [6, 6.07) is 0. The molecule has 0 aromatic carbocycles. The third-order valence-corrected chi connectivity index (χ3v) is 8.53. The Bertz CT molecular complexity index is 552. The second kappa shape index (κ2) is 5.17. The van der Waals surface area contributed by atoms with Crippen LogP contribution in [-0.2, 0) is 4.79 Å². The first-order valence-corrected chi connectivity index (χ1v) is 9.70. The lowest BCUT2D eigenvalue weighted by Crippen LogP contribution is -2.50. The predicted octanol–water partition coefficient (Wildman–Crippen LogP) is 5.49. The molecule has 0 unspecified atom stereocenters. The van der Waals surface area contributed by atoms with E-state index in [1.165, 1.54) is 24.8 Å². The molecule has 0 aromatic rings. The predicted molar refractivity (Wildman–Crippen MR) is 90.8 cm³/mol. The number of halogens is 1. The fourth-order valence-corrected chi connectivity index (χ4v) is 7.28. The molecule has 0 N–H and O–H groups in total. The Balaban J connectivity index is 1.66. The number of alkyl halides is 1. The Morgan fingerprint density at radius 3 is 2.65 bits per heavy atom. The van der Waals surface area contributed by atoms with Crippen molar-refractivity contribution in [1.82, 2.24) is 0 Å². The van der Waals surface area contributed by atoms with Crippen molar-refractivity contribution < 1.29 is 9.18 Å². The molecule has 4 rings (SSSR count). The summed E-state index contributed by atoms with van der Waals surface area (Å²) in [4.78, 5) is 12.1. The minimum Gasteiger partial charge on any atom is -0.300 e. The van der Waals surface area contributed by atoms with Crippen molar-refractivity contribution in [2.45, 2.75) is 78.3 Å². The van der Waals surface area contributed by atoms with Crippen LogP contribution in [0.2, 0.25) is 0 Å². The van der Waals surface area contributed by atoms with Gasteiger partial charge in [0.05, 0.1) is 0 Å². The fourth-order valence-electron chi connectivity index (χ4n) is 7.28. The number of carbonyl (C=O) groups excluding carboxylic acids is 1. The molecule has 2 heteroatoms. The van der Waals surface area contributed by atoms with Crippen LogP contribution in [-0.4, -0.2) is 12.0 Å². The molecule has 0 aromatic heterocycles. The standard InChI is InChI=1S/C21H31FO/c1-13(23)17-6-7-18-16-5-4-14-12-15(22)8-10-20(14,2)19(16)9-11-21(17,18)3/h4,15-19H,5-12H2,1-3H3/t15-,16-,17+,18-,19-,20+,21+/m1/s1. The van der Waals surface area contributed by atoms with Gasteiger partial charge in [0.2, 0.25) is 0 Å². The summed E-state index contributed by atoms with van der Waals surface area (Å²) in [7, 11) is 0. The van der Waals surface area contributed by atoms with Crippen LogP contribution in [0.3, 0.4) is 0 Å². The van der Waals surface area contributed by atoms with E-state index in [2.05, 4.69) is 19.9 Å². The molecule has 0 spiro atoms. The van der Waals surface area contributed by atoms with Crippen LogP contribution in [0.4, 0.5) is 4.39 Å². The van der Waals surface area contributed by atoms with E-state index in [0.29, 0.717) is 18.1 Å². The van der Waals surface area contributed by atoms with Crippen LogP contribution >= 0.6 is 0 Å². The summed E-state index contributed by atoms with van der Waals surface area (Å²) in [6.07, 6.45) is 10.1. The van der Waals surface area contributed by atoms with Crippen molar-refractivity contribution in [3.8, 4) is 0 Å². The van der Waals surface area contributed by atoms with E-state index in [1.54, 1.807) is 6.92 Å². The van der Waals surface area contributed by atoms with Gasteiger partial charge in [-0.1, -0.05) is 25.5 Å². The zero-order valence-corrected chi connectivity index (χ0v) is 14.9. The van der Waals surface area contributed by atoms with Crippen LogP contribution in [0, 0.1) is 34.5 Å². The molecule has 0 bridgehead atoms. The maximum absolute atomic E-state index is 13.9. The second-order valence-electron chi connectivity index (χ2n) is 9.38. The third kappa shape index (κ3) is 2.12. The number of ketones is 1. The zero-order valence-electron chi connectivity index (χ0n) is 14.9. The first-order chi connectivity index (χ1) is 10.9. The molecule has 0 radical (unpaired) electrons. The van der Waals surface area contributed by atoms with Crippen molar-refractivity contribution in [3.05, 3.63) is 11.6 Å². The highest BCUT2D eigenvalue weighted by Crippen LogP contribution is 2.66. The number of fused-ring (bicyclic) bond motifs is 5. The van der Waals surface area contributed by atoms with Gasteiger partial charge in [0.15, 0.2) is 0 Å². The first kappa shape index (κ1) is 15.8. The van der Waals surface area contributed by atoms with Crippen molar-refractivity contribution in [2.75, 3.05) is 0 Å². The van der Waals surface area contributed by atoms with E-state index in [1.807, 2.05) is 0 Å². The first-order valence-electron chi connectivity index (χ1n) is 9.70. The Hall–Kier alpha value is -0.660. The van der Waals surface area contributed by atoms with Crippen LogP contribution in [0.5, 0.6) is 0 Å². The fraction of sp³-hybridized carbons (Fsp3) is 0.857. The van der Waals surface area contributed by atoms with Crippen molar-refractivity contribution in [2.24, 2.45) is 34.5 Å². The molecule has 4 aliphatic carbocycles. The monoisotopic (exact) mass is 318 g/mol. The lowest BCUT2D eigenvalue weighted by molar-refractivity contribution is -0.127. The minimum absolute atomic E-state index is 0.228. The van der Waals surface area contributed by atoms with Gasteiger partial charge in [0, 0.05) is 12.3 Å². The van der Waals surface area contributed by atoms with Gasteiger partial charge in [-0.3, -0.25) is 4.79 Å². The molecule has 3 fully saturated rings. The average molecular weight is 318 g/mol. The van der Waals surface area contributed by atoms with Gasteiger partial charge in [-0.05, 0) is 80.5 Å². The maximum atomic E-state index is 13.9. The molecule has 128 valence electrons. The van der Waals surface area contributed by atoms with Gasteiger partial charge < -0.3 is 0 Å². The number of carbonyl (C=O) groups is 1. The maximum Gasteiger partial charge on any atom is 0.133 e. The number of Topliss-reactive ketones (excluding diaryl/α,β-unsaturated/α-hetero) is 1. The van der Waals surface area contributed by atoms with Crippen molar-refractivity contribution in [1.29, 1.82) is 0 Å². The highest BCUT2D eigenvalue weighted by atomic mass is 19.1. The molecule has 0 aliphatic heterocycles. The van der Waals surface area contributed by atoms with Gasteiger partial charge >= 0.3 is 0 Å². The van der Waals surface area contributed by atoms with Gasteiger partial charge in [0.25, 0.3) is 0 Å². The number of hydrogen-bond donors (Lipinski definition) is 0. The quantitative estimate of drug-likeness (QED) is 0.584. The molecular formula is C21H31FO. The minimum atomic E-state index is -0.617. The molecule has 23 heavy (non-hydrogen) atoms. The lowest BCUT2D eigenvalue weighted by Gasteiger charge is -2.57. The van der Waals surface area contributed by atoms with Gasteiger partial charge in [0.1, 0.15) is 12.0 Å². The van der Waals surface area contributed by atoms with E-state index in [0.717, 1.165) is 37.5 Å². The van der Waals surface area contributed by atoms with Gasteiger partial charge in [-0.2, -0.15) is 0 Å². The summed E-state index contributed by atoms with van der Waals surface area (Å²) in [5.74, 6) is 2.84. The van der Waals surface area contributed by atoms with Crippen LogP contribution in [0.15, 0.2) is 11.6 Å². The van der Waals surface area contributed by atoms with E-state index >= 15 is 0 Å². The molecular weight excluding hydrogens is 287 g/mol. The Kier molecular flexibility index (Phi) is 3.56. The summed E-state index contributed by atoms with van der Waals surface area (Å²) in [5, 5.41) is 0. The SMILES string of the molecule is CC(=O)[C@@H]1CC[C@@H]2[C@H]3CC=C4C[C@H](F)CC[C@]4(C)[C@@H]3CC[C@]21C. The van der Waals surface area contributed by atoms with E-state index in [9.17, 15) is 9.18 Å². The molecule has 0 saturated heterocycles. The highest BCUT2D eigenvalue weighted by Gasteiger charge is 2.59. The smallest absolute Gasteiger partial charge is 0.133 e. The molecule has 7 atom stereocenters. The summed E-state index contributed by atoms with van der Waals surface area (Å²) in [6.45, 7) is 6.61. The van der Waals surface area contributed by atoms with E-state index in [-0.39, 0.29) is 16.7 Å². The van der Waals surface area contributed by atoms with Gasteiger partial charge in [-0.15, -0.1) is 0 Å². The lowest BCUT2D eigenvalue weighted by atomic mass is 9.47. The topological polar surface area (TPSA) is 17.1 Å². The molecule has 4 aliphatic rings. The Morgan fingerprint density at radius 2 is 1.91 bits per heavy atom. The summed E-state index contributed by atoms with van der Waals surface area (Å²) in [5.41, 5.74) is 1.88. The largest absolute Gasteiger partial charge is 0.300 e. The average Bonchev–Trinajstić information content (AvgIpc) is 2.85. The zero-order chi connectivity index (χ0) is 16.4. The number of hydrogen-bond acceptors (Lipinski definition) is 1. The normalized spacial score (nSPS) is 52.2. The van der Waals surface area contributed by atoms with Crippen molar-refractivity contribution in [3.63, 3.8) is 0 Å². The number of rotatable bonds is 1. The summed E-state index contributed by atoms with van der Waals surface area (Å²) >= 11 is 0. The van der Waals surface area contributed by atoms with Crippen molar-refractivity contribution >= 4 is 5.78 Å². The second-order valence-corrected chi connectivity index (χ2v) is 9.38. The third-order valence-electron chi connectivity index (χ3n) is 8.53. The molecule has 1 nitrogen and oxygen atoms in total. The van der Waals surface area contributed by atoms with Crippen LogP contribution < -0.4 is 0 Å². The Morgan fingerprint density at radius 1 is 1.13 bits per heavy atom. The van der Waals surface area contributed by atoms with E-state index in [4.69, 9.17) is 0 Å². The molecule has 3 saturated carbocycles. The number of allylic oxidation sites excluding steroid dienone is 2. The van der Waals surface area contributed by atoms with Crippen LogP contribution in [0.1, 0.15) is 72.1 Å². The molecule has 0 amide bonds. The van der Waals surface area contributed by atoms with E-state index < -0.39 is 6.17 Å². The Labute approximate surface area is 140 Å². The van der Waals surface area contributed by atoms with Crippen LogP contribution in [0.25, 0.3) is 0 Å². The van der Waals surface area contributed by atoms with Gasteiger partial charge in [-0.25, -0.2) is 4.39 Å². The summed E-state index contributed by atoms with van der Waals surface area (Å²) < 4.78 is 13.9. The highest BCUT2D eigenvalue weighted by molar-refractivity contribution is 5.79. The molecule has 0 heterocycles.